The molecule has 0 unspecified atom stereocenters. The van der Waals surface area contributed by atoms with Gasteiger partial charge in [-0.15, -0.1) is 5.10 Å². The Hall–Kier alpha value is -0.940. The molecule has 2 saturated carbocycles. The van der Waals surface area contributed by atoms with E-state index >= 15 is 0 Å². The standard InChI is InChI=1S/C14H24N4O/c1-2-4-14(5-3-1)19-9-8-18-11-13(16-17-18)10-15-12-6-7-12/h11-12,14-15H,1-10H2. The number of nitrogens with zero attached hydrogens (tertiary/aromatic N) is 3. The van der Waals surface area contributed by atoms with Gasteiger partial charge in [0.1, 0.15) is 0 Å². The van der Waals surface area contributed by atoms with Crippen molar-refractivity contribution in [3.63, 3.8) is 0 Å². The van der Waals surface area contributed by atoms with Gasteiger partial charge < -0.3 is 10.1 Å². The van der Waals surface area contributed by atoms with E-state index in [0.717, 1.165) is 31.4 Å². The first kappa shape index (κ1) is 13.1. The molecule has 106 valence electrons. The van der Waals surface area contributed by atoms with Gasteiger partial charge in [-0.2, -0.15) is 0 Å². The van der Waals surface area contributed by atoms with Gasteiger partial charge in [-0.3, -0.25) is 0 Å². The molecule has 3 rings (SSSR count). The zero-order chi connectivity index (χ0) is 12.9. The minimum atomic E-state index is 0.480. The van der Waals surface area contributed by atoms with Gasteiger partial charge in [0, 0.05) is 18.8 Å². The summed E-state index contributed by atoms with van der Waals surface area (Å²) in [5.74, 6) is 0. The third kappa shape index (κ3) is 4.28. The molecule has 2 fully saturated rings. The predicted molar refractivity (Wildman–Crippen MR) is 72.7 cm³/mol. The molecule has 0 atom stereocenters. The lowest BCUT2D eigenvalue weighted by molar-refractivity contribution is 0.0227. The summed E-state index contributed by atoms with van der Waals surface area (Å²) in [6.45, 7) is 2.41. The van der Waals surface area contributed by atoms with Gasteiger partial charge in [0.25, 0.3) is 0 Å². The summed E-state index contributed by atoms with van der Waals surface area (Å²) in [4.78, 5) is 0. The number of nitrogens with one attached hydrogen (secondary N) is 1. The summed E-state index contributed by atoms with van der Waals surface area (Å²) in [5, 5.41) is 11.8. The molecule has 5 nitrogen and oxygen atoms in total. The molecule has 0 aromatic carbocycles. The second-order valence-corrected chi connectivity index (χ2v) is 5.76. The van der Waals surface area contributed by atoms with E-state index in [1.54, 1.807) is 0 Å². The number of ether oxygens (including phenoxy) is 1. The minimum absolute atomic E-state index is 0.480. The summed E-state index contributed by atoms with van der Waals surface area (Å²) in [6, 6.07) is 0.722. The highest BCUT2D eigenvalue weighted by atomic mass is 16.5. The van der Waals surface area contributed by atoms with Crippen LogP contribution >= 0.6 is 0 Å². The van der Waals surface area contributed by atoms with Crippen molar-refractivity contribution < 1.29 is 4.74 Å². The fraction of sp³-hybridized carbons (Fsp3) is 0.857. The van der Waals surface area contributed by atoms with Crippen LogP contribution in [0.4, 0.5) is 0 Å². The lowest BCUT2D eigenvalue weighted by atomic mass is 9.98. The Labute approximate surface area is 114 Å². The molecule has 0 radical (unpaired) electrons. The maximum atomic E-state index is 5.90. The normalized spacial score (nSPS) is 20.8. The van der Waals surface area contributed by atoms with Crippen molar-refractivity contribution in [2.24, 2.45) is 0 Å². The smallest absolute Gasteiger partial charge is 0.0964 e. The highest BCUT2D eigenvalue weighted by Crippen LogP contribution is 2.20. The Balaban J connectivity index is 1.34. The van der Waals surface area contributed by atoms with E-state index in [-0.39, 0.29) is 0 Å². The molecule has 2 aliphatic rings. The van der Waals surface area contributed by atoms with Crippen molar-refractivity contribution in [3.8, 4) is 0 Å². The van der Waals surface area contributed by atoms with Gasteiger partial charge in [-0.1, -0.05) is 24.5 Å². The first-order valence-electron chi connectivity index (χ1n) is 7.64. The number of hydrogen-bond donors (Lipinski definition) is 1. The lowest BCUT2D eigenvalue weighted by Crippen LogP contribution is -2.19. The summed E-state index contributed by atoms with van der Waals surface area (Å²) >= 11 is 0. The van der Waals surface area contributed by atoms with Gasteiger partial charge in [0.2, 0.25) is 0 Å². The average molecular weight is 264 g/mol. The summed E-state index contributed by atoms with van der Waals surface area (Å²) in [7, 11) is 0. The van der Waals surface area contributed by atoms with E-state index in [4.69, 9.17) is 4.74 Å². The van der Waals surface area contributed by atoms with E-state index < -0.39 is 0 Å². The van der Waals surface area contributed by atoms with Crippen molar-refractivity contribution in [2.45, 2.75) is 70.2 Å². The van der Waals surface area contributed by atoms with Crippen LogP contribution in [-0.2, 0) is 17.8 Å². The maximum Gasteiger partial charge on any atom is 0.0964 e. The molecule has 1 aromatic rings. The Kier molecular flexibility index (Phi) is 4.45. The molecule has 1 aromatic heterocycles. The molecule has 0 spiro atoms. The Morgan fingerprint density at radius 3 is 2.84 bits per heavy atom. The fourth-order valence-corrected chi connectivity index (χ4v) is 2.61. The quantitative estimate of drug-likeness (QED) is 0.817. The SMILES string of the molecule is c1c(CNC2CC2)nnn1CCOC1CCCCC1. The lowest BCUT2D eigenvalue weighted by Gasteiger charge is -2.21. The van der Waals surface area contributed by atoms with E-state index in [9.17, 15) is 0 Å². The van der Waals surface area contributed by atoms with E-state index in [0.29, 0.717) is 6.10 Å². The molecule has 0 saturated heterocycles. The second-order valence-electron chi connectivity index (χ2n) is 5.76. The molecular weight excluding hydrogens is 240 g/mol. The topological polar surface area (TPSA) is 52.0 Å². The van der Waals surface area contributed by atoms with Gasteiger partial charge >= 0.3 is 0 Å². The summed E-state index contributed by atoms with van der Waals surface area (Å²) in [6.07, 6.45) is 11.6. The summed E-state index contributed by atoms with van der Waals surface area (Å²) < 4.78 is 7.80. The third-order valence-corrected chi connectivity index (χ3v) is 3.96. The number of rotatable bonds is 7. The van der Waals surface area contributed by atoms with E-state index in [2.05, 4.69) is 15.6 Å². The molecule has 0 aliphatic heterocycles. The average Bonchev–Trinajstić information content (AvgIpc) is 3.17. The monoisotopic (exact) mass is 264 g/mol. The van der Waals surface area contributed by atoms with Gasteiger partial charge in [0.15, 0.2) is 0 Å². The van der Waals surface area contributed by atoms with E-state index in [1.807, 2.05) is 10.9 Å². The van der Waals surface area contributed by atoms with Crippen molar-refractivity contribution in [1.82, 2.24) is 20.3 Å². The van der Waals surface area contributed by atoms with Crippen molar-refractivity contribution >= 4 is 0 Å². The molecular formula is C14H24N4O. The predicted octanol–water partition coefficient (Wildman–Crippen LogP) is 1.88. The second kappa shape index (κ2) is 6.48. The van der Waals surface area contributed by atoms with Crippen molar-refractivity contribution in [1.29, 1.82) is 0 Å². The van der Waals surface area contributed by atoms with Crippen LogP contribution in [0.1, 0.15) is 50.6 Å². The Bertz CT molecular complexity index is 383. The van der Waals surface area contributed by atoms with Gasteiger partial charge in [0.05, 0.1) is 24.9 Å². The van der Waals surface area contributed by atoms with E-state index in [1.165, 1.54) is 44.9 Å². The van der Waals surface area contributed by atoms with Crippen molar-refractivity contribution in [2.75, 3.05) is 6.61 Å². The Morgan fingerprint density at radius 1 is 1.21 bits per heavy atom. The molecule has 1 N–H and O–H groups in total. The largest absolute Gasteiger partial charge is 0.376 e. The molecule has 0 amide bonds. The van der Waals surface area contributed by atoms with Crippen LogP contribution < -0.4 is 5.32 Å². The van der Waals surface area contributed by atoms with Crippen LogP contribution in [0.25, 0.3) is 0 Å². The summed E-state index contributed by atoms with van der Waals surface area (Å²) in [5.41, 5.74) is 1.03. The molecule has 0 bridgehead atoms. The molecule has 1 heterocycles. The van der Waals surface area contributed by atoms with Crippen LogP contribution in [-0.4, -0.2) is 33.7 Å². The van der Waals surface area contributed by atoms with Gasteiger partial charge in [-0.25, -0.2) is 4.68 Å². The van der Waals surface area contributed by atoms with Crippen LogP contribution in [0.15, 0.2) is 6.20 Å². The maximum absolute atomic E-state index is 5.90. The minimum Gasteiger partial charge on any atom is -0.376 e. The molecule has 5 heteroatoms. The molecule has 2 aliphatic carbocycles. The number of hydrogen-bond acceptors (Lipinski definition) is 4. The van der Waals surface area contributed by atoms with Crippen LogP contribution in [0.5, 0.6) is 0 Å². The first-order chi connectivity index (χ1) is 9.40. The van der Waals surface area contributed by atoms with Gasteiger partial charge in [-0.05, 0) is 25.7 Å². The van der Waals surface area contributed by atoms with Crippen LogP contribution in [0.2, 0.25) is 0 Å². The zero-order valence-electron chi connectivity index (χ0n) is 11.6. The first-order valence-corrected chi connectivity index (χ1v) is 7.64. The highest BCUT2D eigenvalue weighted by molar-refractivity contribution is 4.94. The van der Waals surface area contributed by atoms with Crippen LogP contribution in [0.3, 0.4) is 0 Å². The highest BCUT2D eigenvalue weighted by Gasteiger charge is 2.20. The Morgan fingerprint density at radius 2 is 2.05 bits per heavy atom. The number of aromatic nitrogens is 3. The third-order valence-electron chi connectivity index (χ3n) is 3.96. The van der Waals surface area contributed by atoms with Crippen LogP contribution in [0, 0.1) is 0 Å². The van der Waals surface area contributed by atoms with Crippen molar-refractivity contribution in [3.05, 3.63) is 11.9 Å². The molecule has 19 heavy (non-hydrogen) atoms. The zero-order valence-corrected chi connectivity index (χ0v) is 11.6. The fourth-order valence-electron chi connectivity index (χ4n) is 2.61.